The Morgan fingerprint density at radius 2 is 1.68 bits per heavy atom. The van der Waals surface area contributed by atoms with Crippen molar-refractivity contribution in [1.82, 2.24) is 4.98 Å². The Hall–Kier alpha value is -3.82. The maximum atomic E-state index is 13.2. The highest BCUT2D eigenvalue weighted by molar-refractivity contribution is 5.98. The molecule has 0 fully saturated rings. The zero-order valence-electron chi connectivity index (χ0n) is 19.0. The summed E-state index contributed by atoms with van der Waals surface area (Å²) >= 11 is 0. The Balaban J connectivity index is 1.82. The predicted molar refractivity (Wildman–Crippen MR) is 120 cm³/mol. The normalized spacial score (nSPS) is 11.7. The largest absolute Gasteiger partial charge is 0.444 e. The number of hydrogen-bond acceptors (Lipinski definition) is 5. The lowest BCUT2D eigenvalue weighted by Gasteiger charge is -2.21. The van der Waals surface area contributed by atoms with E-state index in [4.69, 9.17) is 9.15 Å². The fraction of sp³-hybridized carbons (Fsp3) is 0.292. The van der Waals surface area contributed by atoms with Gasteiger partial charge in [0.2, 0.25) is 11.8 Å². The number of nitrogens with one attached hydrogen (secondary N) is 2. The van der Waals surface area contributed by atoms with Crippen LogP contribution in [0, 0.1) is 6.92 Å². The van der Waals surface area contributed by atoms with Crippen LogP contribution >= 0.6 is 0 Å². The molecule has 0 atom stereocenters. The molecule has 1 heterocycles. The van der Waals surface area contributed by atoms with E-state index in [1.807, 2.05) is 18.2 Å². The molecule has 0 saturated carbocycles. The zero-order chi connectivity index (χ0) is 25.1. The van der Waals surface area contributed by atoms with Crippen molar-refractivity contribution in [2.24, 2.45) is 0 Å². The van der Waals surface area contributed by atoms with E-state index in [-0.39, 0.29) is 17.8 Å². The van der Waals surface area contributed by atoms with Crippen molar-refractivity contribution in [2.75, 3.05) is 10.6 Å². The van der Waals surface area contributed by atoms with Crippen molar-refractivity contribution >= 4 is 23.4 Å². The average Bonchev–Trinajstić information content (AvgIpc) is 3.08. The molecular weight excluding hydrogens is 451 g/mol. The van der Waals surface area contributed by atoms with Crippen LogP contribution in [0.15, 0.2) is 52.9 Å². The zero-order valence-corrected chi connectivity index (χ0v) is 19.0. The SMILES string of the molecule is Cc1oc(-c2ccccc2)nc1CC(=O)Nc1cc(C(F)(F)F)ccc1NC(=O)OC(C)(C)C. The molecule has 2 amide bonds. The van der Waals surface area contributed by atoms with Crippen LogP contribution in [-0.4, -0.2) is 22.6 Å². The molecule has 1 aromatic heterocycles. The first-order chi connectivity index (χ1) is 15.8. The standard InChI is InChI=1S/C24H24F3N3O4/c1-14-18(29-21(33-14)15-8-6-5-7-9-15)13-20(31)28-19-12-16(24(25,26)27)10-11-17(19)30-22(32)34-23(2,3)4/h5-12H,13H2,1-4H3,(H,28,31)(H,30,32). The van der Waals surface area contributed by atoms with Gasteiger partial charge in [0, 0.05) is 5.56 Å². The first kappa shape index (κ1) is 24.8. The van der Waals surface area contributed by atoms with E-state index in [1.165, 1.54) is 0 Å². The quantitative estimate of drug-likeness (QED) is 0.459. The van der Waals surface area contributed by atoms with E-state index in [0.29, 0.717) is 17.3 Å². The van der Waals surface area contributed by atoms with Crippen LogP contribution in [0.2, 0.25) is 0 Å². The number of amides is 2. The molecule has 2 N–H and O–H groups in total. The molecule has 0 spiro atoms. The van der Waals surface area contributed by atoms with Crippen LogP contribution in [-0.2, 0) is 22.1 Å². The number of ether oxygens (including phenoxy) is 1. The Kier molecular flexibility index (Phi) is 6.99. The number of benzene rings is 2. The number of hydrogen-bond donors (Lipinski definition) is 2. The maximum absolute atomic E-state index is 13.2. The second-order valence-electron chi connectivity index (χ2n) is 8.50. The Morgan fingerprint density at radius 3 is 2.29 bits per heavy atom. The monoisotopic (exact) mass is 475 g/mol. The van der Waals surface area contributed by atoms with Gasteiger partial charge in [-0.25, -0.2) is 9.78 Å². The van der Waals surface area contributed by atoms with E-state index in [2.05, 4.69) is 15.6 Å². The molecule has 0 aliphatic carbocycles. The van der Waals surface area contributed by atoms with E-state index >= 15 is 0 Å². The molecule has 7 nitrogen and oxygen atoms in total. The van der Waals surface area contributed by atoms with Crippen molar-refractivity contribution in [3.63, 3.8) is 0 Å². The average molecular weight is 475 g/mol. The third-order valence-corrected chi connectivity index (χ3v) is 4.50. The van der Waals surface area contributed by atoms with Gasteiger partial charge in [-0.15, -0.1) is 0 Å². The van der Waals surface area contributed by atoms with Gasteiger partial charge in [0.15, 0.2) is 0 Å². The maximum Gasteiger partial charge on any atom is 0.416 e. The number of oxazole rings is 1. The van der Waals surface area contributed by atoms with E-state index < -0.39 is 29.3 Å². The summed E-state index contributed by atoms with van der Waals surface area (Å²) in [6.45, 7) is 6.58. The second-order valence-corrected chi connectivity index (χ2v) is 8.50. The molecule has 34 heavy (non-hydrogen) atoms. The molecule has 0 aliphatic rings. The molecule has 180 valence electrons. The Bertz CT molecular complexity index is 1180. The summed E-state index contributed by atoms with van der Waals surface area (Å²) in [6, 6.07) is 11.7. The summed E-state index contributed by atoms with van der Waals surface area (Å²) in [5.41, 5.74) is -1.02. The highest BCUT2D eigenvalue weighted by Crippen LogP contribution is 2.34. The molecule has 3 rings (SSSR count). The van der Waals surface area contributed by atoms with Crippen LogP contribution < -0.4 is 10.6 Å². The number of aryl methyl sites for hydroxylation is 1. The van der Waals surface area contributed by atoms with Crippen LogP contribution in [0.5, 0.6) is 0 Å². The molecule has 0 aliphatic heterocycles. The highest BCUT2D eigenvalue weighted by atomic mass is 19.4. The Labute approximate surface area is 194 Å². The summed E-state index contributed by atoms with van der Waals surface area (Å²) < 4.78 is 50.5. The number of nitrogens with zero attached hydrogens (tertiary/aromatic N) is 1. The van der Waals surface area contributed by atoms with Gasteiger partial charge >= 0.3 is 12.3 Å². The fourth-order valence-corrected chi connectivity index (χ4v) is 2.99. The van der Waals surface area contributed by atoms with Crippen molar-refractivity contribution in [3.05, 3.63) is 65.5 Å². The van der Waals surface area contributed by atoms with Gasteiger partial charge in [0.25, 0.3) is 0 Å². The summed E-state index contributed by atoms with van der Waals surface area (Å²) in [6.07, 6.45) is -5.76. The van der Waals surface area contributed by atoms with Gasteiger partial charge in [-0.05, 0) is 58.0 Å². The molecule has 10 heteroatoms. The first-order valence-corrected chi connectivity index (χ1v) is 10.3. The van der Waals surface area contributed by atoms with Gasteiger partial charge in [0.05, 0.1) is 29.1 Å². The van der Waals surface area contributed by atoms with Crippen LogP contribution in [0.25, 0.3) is 11.5 Å². The summed E-state index contributed by atoms with van der Waals surface area (Å²) in [5, 5.41) is 4.80. The first-order valence-electron chi connectivity index (χ1n) is 10.3. The van der Waals surface area contributed by atoms with E-state index in [1.54, 1.807) is 39.8 Å². The lowest BCUT2D eigenvalue weighted by Crippen LogP contribution is -2.28. The second kappa shape index (κ2) is 9.58. The van der Waals surface area contributed by atoms with Gasteiger partial charge < -0.3 is 14.5 Å². The van der Waals surface area contributed by atoms with Crippen molar-refractivity contribution < 1.29 is 31.9 Å². The molecule has 0 radical (unpaired) electrons. The number of anilines is 2. The summed E-state index contributed by atoms with van der Waals surface area (Å²) in [4.78, 5) is 29.2. The number of aromatic nitrogens is 1. The van der Waals surface area contributed by atoms with Crippen LogP contribution in [0.1, 0.15) is 37.8 Å². The molecular formula is C24H24F3N3O4. The lowest BCUT2D eigenvalue weighted by molar-refractivity contribution is -0.137. The summed E-state index contributed by atoms with van der Waals surface area (Å²) in [7, 11) is 0. The summed E-state index contributed by atoms with van der Waals surface area (Å²) in [5.74, 6) is 0.0972. The minimum atomic E-state index is -4.64. The van der Waals surface area contributed by atoms with Crippen molar-refractivity contribution in [3.8, 4) is 11.5 Å². The van der Waals surface area contributed by atoms with Crippen molar-refractivity contribution in [2.45, 2.75) is 45.9 Å². The fourth-order valence-electron chi connectivity index (χ4n) is 2.99. The topological polar surface area (TPSA) is 93.5 Å². The van der Waals surface area contributed by atoms with Gasteiger partial charge in [-0.2, -0.15) is 13.2 Å². The van der Waals surface area contributed by atoms with Crippen molar-refractivity contribution in [1.29, 1.82) is 0 Å². The minimum absolute atomic E-state index is 0.0440. The van der Waals surface area contributed by atoms with E-state index in [0.717, 1.165) is 23.8 Å². The molecule has 0 unspecified atom stereocenters. The third-order valence-electron chi connectivity index (χ3n) is 4.50. The molecule has 0 bridgehead atoms. The lowest BCUT2D eigenvalue weighted by atomic mass is 10.1. The van der Waals surface area contributed by atoms with Crippen LogP contribution in [0.3, 0.4) is 0 Å². The highest BCUT2D eigenvalue weighted by Gasteiger charge is 2.31. The smallest absolute Gasteiger partial charge is 0.416 e. The number of rotatable bonds is 5. The third kappa shape index (κ3) is 6.60. The number of halogens is 3. The van der Waals surface area contributed by atoms with Crippen LogP contribution in [0.4, 0.5) is 29.3 Å². The molecule has 3 aromatic rings. The number of alkyl halides is 3. The Morgan fingerprint density at radius 1 is 1.00 bits per heavy atom. The minimum Gasteiger partial charge on any atom is -0.444 e. The van der Waals surface area contributed by atoms with Gasteiger partial charge in [-0.1, -0.05) is 18.2 Å². The van der Waals surface area contributed by atoms with E-state index in [9.17, 15) is 22.8 Å². The number of carbonyl (C=O) groups is 2. The number of carbonyl (C=O) groups excluding carboxylic acids is 2. The predicted octanol–water partition coefficient (Wildman–Crippen LogP) is 6.20. The van der Waals surface area contributed by atoms with Gasteiger partial charge in [0.1, 0.15) is 11.4 Å². The molecule has 0 saturated heterocycles. The molecule has 2 aromatic carbocycles. The van der Waals surface area contributed by atoms with Gasteiger partial charge in [-0.3, -0.25) is 10.1 Å².